The van der Waals surface area contributed by atoms with Gasteiger partial charge in [-0.05, 0) is 32.9 Å². The predicted molar refractivity (Wildman–Crippen MR) is 107 cm³/mol. The summed E-state index contributed by atoms with van der Waals surface area (Å²) < 4.78 is 5.44. The van der Waals surface area contributed by atoms with Crippen LogP contribution in [-0.2, 0) is 0 Å². The Morgan fingerprint density at radius 2 is 1.70 bits per heavy atom. The van der Waals surface area contributed by atoms with Gasteiger partial charge in [-0.15, -0.1) is 0 Å². The van der Waals surface area contributed by atoms with Crippen LogP contribution in [-0.4, -0.2) is 59.6 Å². The van der Waals surface area contributed by atoms with Crippen LogP contribution in [0.1, 0.15) is 31.1 Å². The van der Waals surface area contributed by atoms with E-state index in [1.54, 1.807) is 19.5 Å². The Bertz CT molecular complexity index is 778. The monoisotopic (exact) mass is 369 g/mol. The van der Waals surface area contributed by atoms with Crippen molar-refractivity contribution in [3.63, 3.8) is 0 Å². The molecule has 0 radical (unpaired) electrons. The third-order valence-electron chi connectivity index (χ3n) is 4.38. The molecule has 0 atom stereocenters. The van der Waals surface area contributed by atoms with Gasteiger partial charge >= 0.3 is 0 Å². The summed E-state index contributed by atoms with van der Waals surface area (Å²) in [5, 5.41) is 3.20. The van der Waals surface area contributed by atoms with Crippen molar-refractivity contribution in [1.82, 2.24) is 14.9 Å². The van der Waals surface area contributed by atoms with Gasteiger partial charge in [-0.2, -0.15) is 0 Å². The van der Waals surface area contributed by atoms with Gasteiger partial charge in [0.05, 0.1) is 18.4 Å². The SMILES string of the molecule is COc1ccccc1N1CCN(C(=O)c2cnc(NC(C)(C)C)nc2)CC1. The second kappa shape index (κ2) is 7.82. The molecule has 1 amide bonds. The second-order valence-corrected chi connectivity index (χ2v) is 7.62. The van der Waals surface area contributed by atoms with Gasteiger partial charge in [0.2, 0.25) is 5.95 Å². The lowest BCUT2D eigenvalue weighted by atomic mass is 10.1. The smallest absolute Gasteiger partial charge is 0.257 e. The van der Waals surface area contributed by atoms with Gasteiger partial charge in [0, 0.05) is 44.1 Å². The van der Waals surface area contributed by atoms with Crippen LogP contribution < -0.4 is 15.0 Å². The van der Waals surface area contributed by atoms with E-state index in [9.17, 15) is 4.79 Å². The molecule has 2 aromatic rings. The lowest BCUT2D eigenvalue weighted by Gasteiger charge is -2.36. The van der Waals surface area contributed by atoms with Crippen LogP contribution in [0.3, 0.4) is 0 Å². The first kappa shape index (κ1) is 18.9. The van der Waals surface area contributed by atoms with Gasteiger partial charge in [0.15, 0.2) is 0 Å². The van der Waals surface area contributed by atoms with E-state index in [2.05, 4.69) is 20.2 Å². The van der Waals surface area contributed by atoms with Crippen molar-refractivity contribution < 1.29 is 9.53 Å². The van der Waals surface area contributed by atoms with Crippen LogP contribution in [0.2, 0.25) is 0 Å². The average molecular weight is 369 g/mol. The van der Waals surface area contributed by atoms with Crippen molar-refractivity contribution in [1.29, 1.82) is 0 Å². The highest BCUT2D eigenvalue weighted by molar-refractivity contribution is 5.93. The van der Waals surface area contributed by atoms with Crippen LogP contribution in [0.15, 0.2) is 36.7 Å². The maximum atomic E-state index is 12.7. The van der Waals surface area contributed by atoms with Gasteiger partial charge in [-0.25, -0.2) is 9.97 Å². The van der Waals surface area contributed by atoms with Gasteiger partial charge in [-0.1, -0.05) is 12.1 Å². The molecule has 7 heteroatoms. The number of anilines is 2. The van der Waals surface area contributed by atoms with Crippen molar-refractivity contribution in [2.24, 2.45) is 0 Å². The Kier molecular flexibility index (Phi) is 5.48. The molecular weight excluding hydrogens is 342 g/mol. The number of para-hydroxylation sites is 2. The minimum atomic E-state index is -0.125. The fraction of sp³-hybridized carbons (Fsp3) is 0.450. The van der Waals surface area contributed by atoms with E-state index in [4.69, 9.17) is 4.74 Å². The Morgan fingerprint density at radius 3 is 2.30 bits per heavy atom. The Morgan fingerprint density at radius 1 is 1.07 bits per heavy atom. The third kappa shape index (κ3) is 4.67. The number of nitrogens with one attached hydrogen (secondary N) is 1. The zero-order valence-corrected chi connectivity index (χ0v) is 16.4. The summed E-state index contributed by atoms with van der Waals surface area (Å²) in [6.45, 7) is 8.94. The number of benzene rings is 1. The van der Waals surface area contributed by atoms with Crippen molar-refractivity contribution in [3.05, 3.63) is 42.2 Å². The molecule has 0 saturated carbocycles. The molecule has 144 valence electrons. The van der Waals surface area contributed by atoms with Crippen molar-refractivity contribution in [3.8, 4) is 5.75 Å². The Labute approximate surface area is 160 Å². The van der Waals surface area contributed by atoms with Crippen LogP contribution >= 0.6 is 0 Å². The van der Waals surface area contributed by atoms with E-state index >= 15 is 0 Å². The molecule has 0 unspecified atom stereocenters. The Balaban J connectivity index is 1.61. The molecule has 1 aliphatic heterocycles. The minimum Gasteiger partial charge on any atom is -0.495 e. The molecule has 1 aliphatic rings. The average Bonchev–Trinajstić information content (AvgIpc) is 2.67. The standard InChI is InChI=1S/C20H27N5O2/c1-20(2,3)23-19-21-13-15(14-22-19)18(26)25-11-9-24(10-12-25)16-7-5-6-8-17(16)27-4/h5-8,13-14H,9-12H2,1-4H3,(H,21,22,23). The summed E-state index contributed by atoms with van der Waals surface area (Å²) >= 11 is 0. The van der Waals surface area contributed by atoms with Gasteiger partial charge in [-0.3, -0.25) is 4.79 Å². The van der Waals surface area contributed by atoms with Crippen molar-refractivity contribution in [2.75, 3.05) is 43.5 Å². The number of aromatic nitrogens is 2. The molecule has 1 saturated heterocycles. The number of hydrogen-bond donors (Lipinski definition) is 1. The van der Waals surface area contributed by atoms with E-state index in [1.807, 2.05) is 49.9 Å². The van der Waals surface area contributed by atoms with E-state index < -0.39 is 0 Å². The molecule has 27 heavy (non-hydrogen) atoms. The first-order chi connectivity index (χ1) is 12.9. The van der Waals surface area contributed by atoms with E-state index in [0.29, 0.717) is 24.6 Å². The predicted octanol–water partition coefficient (Wildman–Crippen LogP) is 2.66. The molecule has 1 aromatic heterocycles. The fourth-order valence-corrected chi connectivity index (χ4v) is 3.06. The molecule has 0 aliphatic carbocycles. The number of amides is 1. The highest BCUT2D eigenvalue weighted by Gasteiger charge is 2.24. The van der Waals surface area contributed by atoms with Crippen LogP contribution in [0.5, 0.6) is 5.75 Å². The number of rotatable bonds is 4. The van der Waals surface area contributed by atoms with Crippen LogP contribution in [0, 0.1) is 0 Å². The number of carbonyl (C=O) groups is 1. The normalized spacial score (nSPS) is 14.8. The summed E-state index contributed by atoms with van der Waals surface area (Å²) in [7, 11) is 1.68. The quantitative estimate of drug-likeness (QED) is 0.893. The number of carbonyl (C=O) groups excluding carboxylic acids is 1. The number of hydrogen-bond acceptors (Lipinski definition) is 6. The van der Waals surface area contributed by atoms with Gasteiger partial charge < -0.3 is 19.9 Å². The molecule has 1 N–H and O–H groups in total. The molecule has 7 nitrogen and oxygen atoms in total. The first-order valence-electron chi connectivity index (χ1n) is 9.15. The molecule has 2 heterocycles. The topological polar surface area (TPSA) is 70.6 Å². The van der Waals surface area contributed by atoms with Gasteiger partial charge in [0.1, 0.15) is 5.75 Å². The molecule has 3 rings (SSSR count). The summed E-state index contributed by atoms with van der Waals surface area (Å²) in [5.41, 5.74) is 1.45. The number of methoxy groups -OCH3 is 1. The molecule has 1 fully saturated rings. The highest BCUT2D eigenvalue weighted by atomic mass is 16.5. The number of ether oxygens (including phenoxy) is 1. The first-order valence-corrected chi connectivity index (χ1v) is 9.15. The highest BCUT2D eigenvalue weighted by Crippen LogP contribution is 2.28. The summed E-state index contributed by atoms with van der Waals surface area (Å²) in [6, 6.07) is 7.96. The van der Waals surface area contributed by atoms with Crippen LogP contribution in [0.4, 0.5) is 11.6 Å². The van der Waals surface area contributed by atoms with E-state index in [0.717, 1.165) is 24.5 Å². The van der Waals surface area contributed by atoms with E-state index in [-0.39, 0.29) is 11.4 Å². The van der Waals surface area contributed by atoms with E-state index in [1.165, 1.54) is 0 Å². The summed E-state index contributed by atoms with van der Waals surface area (Å²) in [4.78, 5) is 25.4. The molecular formula is C20H27N5O2. The fourth-order valence-electron chi connectivity index (χ4n) is 3.06. The van der Waals surface area contributed by atoms with Crippen molar-refractivity contribution >= 4 is 17.5 Å². The maximum Gasteiger partial charge on any atom is 0.257 e. The number of piperazine rings is 1. The second-order valence-electron chi connectivity index (χ2n) is 7.62. The summed E-state index contributed by atoms with van der Waals surface area (Å²) in [5.74, 6) is 1.35. The van der Waals surface area contributed by atoms with Crippen molar-refractivity contribution in [2.45, 2.75) is 26.3 Å². The lowest BCUT2D eigenvalue weighted by Crippen LogP contribution is -2.49. The Hall–Kier alpha value is -2.83. The maximum absolute atomic E-state index is 12.7. The molecule has 1 aromatic carbocycles. The van der Waals surface area contributed by atoms with Gasteiger partial charge in [0.25, 0.3) is 5.91 Å². The third-order valence-corrected chi connectivity index (χ3v) is 4.38. The lowest BCUT2D eigenvalue weighted by molar-refractivity contribution is 0.0746. The molecule has 0 spiro atoms. The minimum absolute atomic E-state index is 0.0306. The van der Waals surface area contributed by atoms with Crippen LogP contribution in [0.25, 0.3) is 0 Å². The zero-order valence-electron chi connectivity index (χ0n) is 16.4. The summed E-state index contributed by atoms with van der Waals surface area (Å²) in [6.07, 6.45) is 3.19. The molecule has 0 bridgehead atoms. The largest absolute Gasteiger partial charge is 0.495 e. The zero-order chi connectivity index (χ0) is 19.4. The number of nitrogens with zero attached hydrogens (tertiary/aromatic N) is 4.